The molecule has 3 nitrogen and oxygen atoms in total. The van der Waals surface area contributed by atoms with Gasteiger partial charge in [-0.1, -0.05) is 17.7 Å². The fourth-order valence-electron chi connectivity index (χ4n) is 1.59. The maximum Gasteiger partial charge on any atom is 0.153 e. The Morgan fingerprint density at radius 1 is 1.56 bits per heavy atom. The van der Waals surface area contributed by atoms with E-state index < -0.39 is 11.9 Å². The van der Waals surface area contributed by atoms with Gasteiger partial charge in [-0.2, -0.15) is 0 Å². The highest BCUT2D eigenvalue weighted by Gasteiger charge is 2.14. The lowest BCUT2D eigenvalue weighted by atomic mass is 10.0. The molecule has 1 rings (SSSR count). The van der Waals surface area contributed by atoms with Crippen molar-refractivity contribution in [1.82, 2.24) is 0 Å². The Hall–Kier alpha value is -0.970. The van der Waals surface area contributed by atoms with Crippen LogP contribution in [-0.4, -0.2) is 25.5 Å². The van der Waals surface area contributed by atoms with Gasteiger partial charge in [-0.3, -0.25) is 4.79 Å². The number of carbonyl (C=O) groups is 1. The number of halogens is 2. The highest BCUT2D eigenvalue weighted by atomic mass is 35.5. The Kier molecular flexibility index (Phi) is 6.25. The smallest absolute Gasteiger partial charge is 0.153 e. The fourth-order valence-corrected chi connectivity index (χ4v) is 1.79. The van der Waals surface area contributed by atoms with E-state index in [9.17, 15) is 9.18 Å². The zero-order chi connectivity index (χ0) is 13.5. The van der Waals surface area contributed by atoms with Crippen molar-refractivity contribution in [2.24, 2.45) is 5.73 Å². The van der Waals surface area contributed by atoms with Crippen LogP contribution in [0.2, 0.25) is 5.02 Å². The molecule has 1 aromatic rings. The summed E-state index contributed by atoms with van der Waals surface area (Å²) in [6.45, 7) is 0.587. The normalized spacial score (nSPS) is 12.4. The molecule has 0 aliphatic heterocycles. The molecule has 0 amide bonds. The third kappa shape index (κ3) is 4.72. The lowest BCUT2D eigenvalue weighted by Gasteiger charge is -2.10. The third-order valence-corrected chi connectivity index (χ3v) is 2.93. The first kappa shape index (κ1) is 15.1. The van der Waals surface area contributed by atoms with Crippen LogP contribution in [-0.2, 0) is 16.0 Å². The standard InChI is InChI=1S/C13H17ClFNO2/c1-18-6-2-3-12(16)13(17)8-9-4-5-11(15)10(14)7-9/h4-5,7,12H,2-3,6,8,16H2,1H3. The number of Topliss-reactive ketones (excluding diaryl/α,β-unsaturated/α-hetero) is 1. The summed E-state index contributed by atoms with van der Waals surface area (Å²) >= 11 is 5.65. The number of methoxy groups -OCH3 is 1. The van der Waals surface area contributed by atoms with Crippen molar-refractivity contribution in [2.75, 3.05) is 13.7 Å². The lowest BCUT2D eigenvalue weighted by molar-refractivity contribution is -0.119. The molecule has 100 valence electrons. The average molecular weight is 274 g/mol. The van der Waals surface area contributed by atoms with E-state index in [0.717, 1.165) is 6.42 Å². The molecule has 18 heavy (non-hydrogen) atoms. The van der Waals surface area contributed by atoms with Crippen molar-refractivity contribution in [2.45, 2.75) is 25.3 Å². The minimum Gasteiger partial charge on any atom is -0.385 e. The van der Waals surface area contributed by atoms with E-state index in [-0.39, 0.29) is 17.2 Å². The van der Waals surface area contributed by atoms with Gasteiger partial charge < -0.3 is 10.5 Å². The molecule has 0 spiro atoms. The molecule has 0 heterocycles. The summed E-state index contributed by atoms with van der Waals surface area (Å²) in [5.74, 6) is -0.564. The molecule has 0 saturated carbocycles. The molecule has 0 aromatic heterocycles. The van der Waals surface area contributed by atoms with Crippen LogP contribution in [0.3, 0.4) is 0 Å². The van der Waals surface area contributed by atoms with E-state index >= 15 is 0 Å². The second-order valence-electron chi connectivity index (χ2n) is 4.13. The largest absolute Gasteiger partial charge is 0.385 e. The van der Waals surface area contributed by atoms with Gasteiger partial charge in [0.15, 0.2) is 5.78 Å². The molecule has 5 heteroatoms. The molecule has 1 aromatic carbocycles. The summed E-state index contributed by atoms with van der Waals surface area (Å²) in [4.78, 5) is 11.8. The minimum absolute atomic E-state index is 0.0215. The van der Waals surface area contributed by atoms with Gasteiger partial charge in [0, 0.05) is 20.1 Å². The molecule has 0 fully saturated rings. The highest BCUT2D eigenvalue weighted by Crippen LogP contribution is 2.16. The minimum atomic E-state index is -0.510. The van der Waals surface area contributed by atoms with Crippen LogP contribution in [0.5, 0.6) is 0 Å². The maximum absolute atomic E-state index is 12.9. The molecule has 0 bridgehead atoms. The molecule has 0 radical (unpaired) electrons. The Labute approximate surface area is 111 Å². The maximum atomic E-state index is 12.9. The molecule has 0 saturated heterocycles. The fraction of sp³-hybridized carbons (Fsp3) is 0.462. The van der Waals surface area contributed by atoms with Crippen LogP contribution in [0.4, 0.5) is 4.39 Å². The lowest BCUT2D eigenvalue weighted by Crippen LogP contribution is -2.32. The van der Waals surface area contributed by atoms with Gasteiger partial charge in [-0.15, -0.1) is 0 Å². The molecule has 2 N–H and O–H groups in total. The van der Waals surface area contributed by atoms with E-state index in [1.54, 1.807) is 13.2 Å². The van der Waals surface area contributed by atoms with Crippen molar-refractivity contribution in [3.8, 4) is 0 Å². The highest BCUT2D eigenvalue weighted by molar-refractivity contribution is 6.30. The van der Waals surface area contributed by atoms with Crippen molar-refractivity contribution in [3.05, 3.63) is 34.6 Å². The van der Waals surface area contributed by atoms with Gasteiger partial charge in [0.25, 0.3) is 0 Å². The van der Waals surface area contributed by atoms with Crippen LogP contribution in [0.1, 0.15) is 18.4 Å². The SMILES string of the molecule is COCCCC(N)C(=O)Cc1ccc(F)c(Cl)c1. The summed E-state index contributed by atoms with van der Waals surface area (Å²) in [6.07, 6.45) is 1.50. The van der Waals surface area contributed by atoms with Crippen LogP contribution in [0, 0.1) is 5.82 Å². The quantitative estimate of drug-likeness (QED) is 0.776. The zero-order valence-corrected chi connectivity index (χ0v) is 11.0. The van der Waals surface area contributed by atoms with E-state index in [4.69, 9.17) is 22.1 Å². The van der Waals surface area contributed by atoms with Crippen LogP contribution in [0.15, 0.2) is 18.2 Å². The summed E-state index contributed by atoms with van der Waals surface area (Å²) in [5, 5.41) is 0.0215. The third-order valence-electron chi connectivity index (χ3n) is 2.64. The molecule has 1 atom stereocenters. The van der Waals surface area contributed by atoms with Gasteiger partial charge >= 0.3 is 0 Å². The number of ketones is 1. The van der Waals surface area contributed by atoms with Crippen LogP contribution in [0.25, 0.3) is 0 Å². The van der Waals surface area contributed by atoms with Crippen molar-refractivity contribution in [1.29, 1.82) is 0 Å². The number of hydrogen-bond acceptors (Lipinski definition) is 3. The first-order chi connectivity index (χ1) is 8.54. The van der Waals surface area contributed by atoms with Gasteiger partial charge in [0.2, 0.25) is 0 Å². The van der Waals surface area contributed by atoms with Gasteiger partial charge in [0.1, 0.15) is 5.82 Å². The molecule has 0 aliphatic rings. The zero-order valence-electron chi connectivity index (χ0n) is 10.3. The monoisotopic (exact) mass is 273 g/mol. The number of nitrogens with two attached hydrogens (primary N) is 1. The first-order valence-electron chi connectivity index (χ1n) is 5.75. The van der Waals surface area contributed by atoms with Crippen molar-refractivity contribution < 1.29 is 13.9 Å². The second-order valence-corrected chi connectivity index (χ2v) is 4.54. The summed E-state index contributed by atoms with van der Waals surface area (Å²) in [5.41, 5.74) is 6.44. The molecular weight excluding hydrogens is 257 g/mol. The Morgan fingerprint density at radius 2 is 2.28 bits per heavy atom. The van der Waals surface area contributed by atoms with Crippen molar-refractivity contribution in [3.63, 3.8) is 0 Å². The van der Waals surface area contributed by atoms with Crippen molar-refractivity contribution >= 4 is 17.4 Å². The topological polar surface area (TPSA) is 52.3 Å². The second kappa shape index (κ2) is 7.46. The van der Waals surface area contributed by atoms with E-state index in [0.29, 0.717) is 18.6 Å². The number of rotatable bonds is 7. The number of benzene rings is 1. The van der Waals surface area contributed by atoms with E-state index in [1.165, 1.54) is 12.1 Å². The van der Waals surface area contributed by atoms with E-state index in [2.05, 4.69) is 0 Å². The van der Waals surface area contributed by atoms with E-state index in [1.807, 2.05) is 0 Å². The van der Waals surface area contributed by atoms with Gasteiger partial charge in [0.05, 0.1) is 11.1 Å². The molecular formula is C13H17ClFNO2. The summed E-state index contributed by atoms with van der Waals surface area (Å²) < 4.78 is 17.8. The van der Waals surface area contributed by atoms with Gasteiger partial charge in [-0.05, 0) is 30.5 Å². The Morgan fingerprint density at radius 3 is 2.89 bits per heavy atom. The van der Waals surface area contributed by atoms with Crippen LogP contribution < -0.4 is 5.73 Å². The average Bonchev–Trinajstić information content (AvgIpc) is 2.34. The molecule has 0 aliphatic carbocycles. The number of ether oxygens (including phenoxy) is 1. The van der Waals surface area contributed by atoms with Crippen LogP contribution >= 0.6 is 11.6 Å². The predicted molar refractivity (Wildman–Crippen MR) is 69.2 cm³/mol. The Bertz CT molecular complexity index is 412. The Balaban J connectivity index is 2.50. The number of carbonyl (C=O) groups excluding carboxylic acids is 1. The summed E-state index contributed by atoms with van der Waals surface area (Å²) in [6, 6.07) is 3.74. The summed E-state index contributed by atoms with van der Waals surface area (Å²) in [7, 11) is 1.61. The number of hydrogen-bond donors (Lipinski definition) is 1. The van der Waals surface area contributed by atoms with Gasteiger partial charge in [-0.25, -0.2) is 4.39 Å². The molecule has 1 unspecified atom stereocenters. The first-order valence-corrected chi connectivity index (χ1v) is 6.13. The predicted octanol–water partition coefficient (Wildman–Crippen LogP) is 2.34.